The first-order chi connectivity index (χ1) is 45.1. The van der Waals surface area contributed by atoms with Crippen LogP contribution in [0.2, 0.25) is 0 Å². The Kier molecular flexibility index (Phi) is 23.7. The molecule has 1 saturated heterocycles. The van der Waals surface area contributed by atoms with Gasteiger partial charge in [0.25, 0.3) is 0 Å². The van der Waals surface area contributed by atoms with Crippen LogP contribution in [0.5, 0.6) is 0 Å². The molecule has 0 aliphatic carbocycles. The van der Waals surface area contributed by atoms with Crippen LogP contribution in [0.1, 0.15) is 69.3 Å². The smallest absolute Gasteiger partial charge is 0.310 e. The van der Waals surface area contributed by atoms with E-state index in [9.17, 15) is 19.5 Å². The molecule has 94 heavy (non-hydrogen) atoms. The van der Waals surface area contributed by atoms with E-state index >= 15 is 0 Å². The van der Waals surface area contributed by atoms with Gasteiger partial charge in [0.2, 0.25) is 0 Å². The van der Waals surface area contributed by atoms with Crippen molar-refractivity contribution in [3.05, 3.63) is 177 Å². The normalized spacial score (nSPS) is 13.0. The molecule has 1 fully saturated rings. The highest BCUT2D eigenvalue weighted by atomic mass is 16.6. The van der Waals surface area contributed by atoms with Gasteiger partial charge in [0.05, 0.1) is 68.9 Å². The van der Waals surface area contributed by atoms with Gasteiger partial charge in [0.1, 0.15) is 60.9 Å². The monoisotopic (exact) mass is 1280 g/mol. The van der Waals surface area contributed by atoms with Gasteiger partial charge in [0, 0.05) is 79.8 Å². The largest absolute Gasteiger partial charge is 0.463 e. The van der Waals surface area contributed by atoms with Crippen molar-refractivity contribution in [2.75, 3.05) is 60.0 Å². The van der Waals surface area contributed by atoms with Gasteiger partial charge in [-0.3, -0.25) is 46.8 Å². The molecule has 9 aromatic rings. The number of rotatable bonds is 26. The number of esters is 3. The van der Waals surface area contributed by atoms with Crippen LogP contribution in [-0.2, 0) is 62.1 Å². The Bertz CT molecular complexity index is 4250. The Morgan fingerprint density at radius 2 is 0.840 bits per heavy atom. The topological polar surface area (TPSA) is 494 Å². The molecule has 490 valence electrons. The SMILES string of the molecule is COCCOCCOC(=O)Cc1c(-c2ccc(C(=N)N)cc2)[nH]c2cc(C(=N)N)ccc12.N=C(N)c1ccc(-c2[nH]c3cc(C(=N)N)ccc3c2CC(=O)OCC(O)CO)cc1.N=C(N)c1ccc(-c2[nH]c3cc(C(=N)N)ccc3c2CC(=O)OCC2CCCCO2)cc1. The number of amidine groups is 6. The maximum Gasteiger partial charge on any atom is 0.310 e. The Morgan fingerprint density at radius 3 is 1.18 bits per heavy atom. The van der Waals surface area contributed by atoms with Crippen molar-refractivity contribution in [1.82, 2.24) is 15.0 Å². The van der Waals surface area contributed by atoms with E-state index in [4.69, 9.17) is 100 Å². The minimum atomic E-state index is -1.13. The molecule has 1 aliphatic heterocycles. The lowest BCUT2D eigenvalue weighted by Gasteiger charge is -2.22. The van der Waals surface area contributed by atoms with Crippen LogP contribution in [0.3, 0.4) is 0 Å². The van der Waals surface area contributed by atoms with E-state index in [0.29, 0.717) is 76.6 Å². The number of hydrogen-bond acceptors (Lipinski definition) is 17. The molecule has 4 heterocycles. The summed E-state index contributed by atoms with van der Waals surface area (Å²) >= 11 is 0. The highest BCUT2D eigenvalue weighted by Crippen LogP contribution is 2.35. The summed E-state index contributed by atoms with van der Waals surface area (Å²) in [5.74, 6) is -1.46. The maximum absolute atomic E-state index is 12.7. The number of fused-ring (bicyclic) bond motifs is 3. The van der Waals surface area contributed by atoms with Crippen molar-refractivity contribution in [1.29, 1.82) is 32.5 Å². The number of carbonyl (C=O) groups excluding carboxylic acids is 3. The van der Waals surface area contributed by atoms with Gasteiger partial charge in [-0.05, 0) is 70.8 Å². The lowest BCUT2D eigenvalue weighted by molar-refractivity contribution is -0.148. The zero-order valence-corrected chi connectivity index (χ0v) is 51.7. The molecule has 6 aromatic carbocycles. The van der Waals surface area contributed by atoms with Crippen molar-refractivity contribution in [2.24, 2.45) is 34.4 Å². The lowest BCUT2D eigenvalue weighted by Crippen LogP contribution is -2.26. The first-order valence-corrected chi connectivity index (χ1v) is 29.9. The summed E-state index contributed by atoms with van der Waals surface area (Å²) in [6.45, 7) is 1.55. The second-order valence-corrected chi connectivity index (χ2v) is 22.0. The molecule has 1 aliphatic rings. The Morgan fingerprint density at radius 1 is 0.489 bits per heavy atom. The van der Waals surface area contributed by atoms with Gasteiger partial charge in [0.15, 0.2) is 0 Å². The number of carbonyl (C=O) groups is 3. The highest BCUT2D eigenvalue weighted by Gasteiger charge is 2.23. The number of H-pyrrole nitrogens is 3. The molecular weight excluding hydrogens is 1200 g/mol. The molecular formula is C68H77N15O11. The Labute approximate surface area is 540 Å². The molecule has 10 rings (SSSR count). The molecule has 0 saturated carbocycles. The number of aromatic amines is 3. The summed E-state index contributed by atoms with van der Waals surface area (Å²) in [5, 5.41) is 66.5. The second kappa shape index (κ2) is 32.3. The average molecular weight is 1280 g/mol. The Hall–Kier alpha value is -11.0. The molecule has 26 heteroatoms. The number of nitrogens with two attached hydrogens (primary N) is 6. The number of nitrogen functional groups attached to an aromatic ring is 6. The second-order valence-electron chi connectivity index (χ2n) is 22.0. The molecule has 2 unspecified atom stereocenters. The summed E-state index contributed by atoms with van der Waals surface area (Å²) in [6, 6.07) is 37.5. The fourth-order valence-electron chi connectivity index (χ4n) is 10.4. The third kappa shape index (κ3) is 17.9. The number of aromatic nitrogens is 3. The molecule has 3 aromatic heterocycles. The molecule has 0 bridgehead atoms. The zero-order valence-electron chi connectivity index (χ0n) is 51.7. The number of aliphatic hydroxyl groups excluding tert-OH is 2. The van der Waals surface area contributed by atoms with Crippen LogP contribution in [0.25, 0.3) is 66.5 Å². The van der Waals surface area contributed by atoms with Gasteiger partial charge in [-0.15, -0.1) is 0 Å². The van der Waals surface area contributed by atoms with Crippen LogP contribution in [0.15, 0.2) is 127 Å². The fraction of sp³-hybridized carbons (Fsp3) is 0.250. The molecule has 0 amide bonds. The third-order valence-corrected chi connectivity index (χ3v) is 15.3. The summed E-state index contributed by atoms with van der Waals surface area (Å²) in [6.07, 6.45) is 1.96. The van der Waals surface area contributed by atoms with E-state index in [2.05, 4.69) is 15.0 Å². The number of benzene rings is 6. The van der Waals surface area contributed by atoms with E-state index in [1.807, 2.05) is 36.4 Å². The number of ether oxygens (including phenoxy) is 6. The fourth-order valence-corrected chi connectivity index (χ4v) is 10.4. The lowest BCUT2D eigenvalue weighted by atomic mass is 10.0. The van der Waals surface area contributed by atoms with E-state index in [1.165, 1.54) is 0 Å². The number of hydrogen-bond donors (Lipinski definition) is 17. The summed E-state index contributed by atoms with van der Waals surface area (Å²) < 4.78 is 31.8. The van der Waals surface area contributed by atoms with Crippen LogP contribution < -0.4 is 34.4 Å². The van der Waals surface area contributed by atoms with E-state index < -0.39 is 18.7 Å². The maximum atomic E-state index is 12.7. The van der Waals surface area contributed by atoms with Crippen molar-refractivity contribution >= 4 is 85.6 Å². The number of aliphatic hydroxyl groups is 2. The van der Waals surface area contributed by atoms with Gasteiger partial charge >= 0.3 is 17.9 Å². The number of nitrogens with one attached hydrogen (secondary N) is 9. The predicted molar refractivity (Wildman–Crippen MR) is 361 cm³/mol. The summed E-state index contributed by atoms with van der Waals surface area (Å²) in [5.41, 5.74) is 46.2. The Balaban J connectivity index is 0.000000181. The van der Waals surface area contributed by atoms with E-state index in [0.717, 1.165) is 85.7 Å². The standard InChI is InChI=1S/C24H27N5O3.C23H27N5O4.C21H23N5O4/c25-23(26)15-6-4-14(5-7-15)22-19(12-21(30)32-13-17-3-1-2-10-31-17)18-9-8-16(24(27)28)11-20(18)29-22;1-30-8-9-31-10-11-32-20(29)13-18-17-7-6-16(23(26)27)12-19(17)28-21(18)14-2-4-15(5-3-14)22(24)25;22-20(23)12-3-1-11(2-4-12)19-16(8-18(29)30-10-14(28)9-27)15-6-5-13(21(24)25)7-17(15)26-19/h4-9,11,17,29H,1-3,10,12-13H2,(H3,25,26)(H3,27,28);2-7,12,28H,8-11,13H2,1H3,(H3,24,25)(H3,26,27);1-7,14,26-28H,8-10H2,(H3,22,23)(H3,24,25). The van der Waals surface area contributed by atoms with Crippen molar-refractivity contribution in [2.45, 2.75) is 50.7 Å². The van der Waals surface area contributed by atoms with E-state index in [1.54, 1.807) is 98.1 Å². The first kappa shape index (κ1) is 68.9. The average Bonchev–Trinajstić information content (AvgIpc) is 1.65. The molecule has 23 N–H and O–H groups in total. The summed E-state index contributed by atoms with van der Waals surface area (Å²) in [7, 11) is 1.59. The van der Waals surface area contributed by atoms with Gasteiger partial charge < -0.3 is 88.0 Å². The third-order valence-electron chi connectivity index (χ3n) is 15.3. The van der Waals surface area contributed by atoms with Crippen LogP contribution in [0, 0.1) is 32.5 Å². The summed E-state index contributed by atoms with van der Waals surface area (Å²) in [4.78, 5) is 47.6. The van der Waals surface area contributed by atoms with Crippen molar-refractivity contribution in [3.63, 3.8) is 0 Å². The van der Waals surface area contributed by atoms with Crippen LogP contribution >= 0.6 is 0 Å². The quantitative estimate of drug-likeness (QED) is 0.00964. The van der Waals surface area contributed by atoms with E-state index in [-0.39, 0.29) is 92.1 Å². The van der Waals surface area contributed by atoms with Crippen LogP contribution in [0.4, 0.5) is 0 Å². The van der Waals surface area contributed by atoms with Gasteiger partial charge in [-0.25, -0.2) is 0 Å². The van der Waals surface area contributed by atoms with Gasteiger partial charge in [-0.2, -0.15) is 0 Å². The van der Waals surface area contributed by atoms with Crippen LogP contribution in [-0.4, -0.2) is 150 Å². The van der Waals surface area contributed by atoms with Crippen molar-refractivity contribution in [3.8, 4) is 33.8 Å². The first-order valence-electron chi connectivity index (χ1n) is 29.9. The van der Waals surface area contributed by atoms with Crippen molar-refractivity contribution < 1.29 is 53.0 Å². The minimum absolute atomic E-state index is 0.00645. The molecule has 2 atom stereocenters. The molecule has 0 spiro atoms. The minimum Gasteiger partial charge on any atom is -0.463 e. The predicted octanol–water partition coefficient (Wildman–Crippen LogP) is 6.05. The molecule has 26 nitrogen and oxygen atoms in total. The molecule has 0 radical (unpaired) electrons. The number of methoxy groups -OCH3 is 1. The zero-order chi connectivity index (χ0) is 67.6. The van der Waals surface area contributed by atoms with Gasteiger partial charge in [-0.1, -0.05) is 109 Å². The highest BCUT2D eigenvalue weighted by molar-refractivity contribution is 6.05.